The van der Waals surface area contributed by atoms with Crippen LogP contribution in [-0.4, -0.2) is 12.3 Å². The molecule has 1 fully saturated rings. The number of rotatable bonds is 5. The Bertz CT molecular complexity index is 616. The summed E-state index contributed by atoms with van der Waals surface area (Å²) in [7, 11) is 0. The number of ketones is 1. The monoisotopic (exact) mass is 279 g/mol. The van der Waals surface area contributed by atoms with E-state index in [9.17, 15) is 4.79 Å². The number of Topliss-reactive ketones (excluding diaryl/α,β-unsaturated/α-hetero) is 1. The van der Waals surface area contributed by atoms with E-state index in [4.69, 9.17) is 5.73 Å². The van der Waals surface area contributed by atoms with Gasteiger partial charge >= 0.3 is 0 Å². The number of carbonyl (C=O) groups excluding carboxylic acids is 1. The largest absolute Gasteiger partial charge is 0.329 e. The molecular weight excluding hydrogens is 258 g/mol. The molecule has 1 aliphatic rings. The average Bonchev–Trinajstić information content (AvgIpc) is 2.48. The Hall–Kier alpha value is -1.93. The van der Waals surface area contributed by atoms with Crippen molar-refractivity contribution in [3.8, 4) is 0 Å². The SMILES string of the molecule is NCC(C(=O)c1ccccc1C1CCC1)c1ccccc1. The zero-order valence-electron chi connectivity index (χ0n) is 12.2. The zero-order valence-corrected chi connectivity index (χ0v) is 12.2. The standard InChI is InChI=1S/C19H21NO/c20-13-18(15-7-2-1-3-8-15)19(21)17-12-5-4-11-16(17)14-9-6-10-14/h1-5,7-8,11-12,14,18H,6,9-10,13,20H2. The zero-order chi connectivity index (χ0) is 14.7. The first kappa shape index (κ1) is 14.0. The Morgan fingerprint density at radius 2 is 1.71 bits per heavy atom. The summed E-state index contributed by atoms with van der Waals surface area (Å²) < 4.78 is 0. The summed E-state index contributed by atoms with van der Waals surface area (Å²) in [4.78, 5) is 13.0. The molecule has 0 aliphatic heterocycles. The van der Waals surface area contributed by atoms with Gasteiger partial charge in [-0.1, -0.05) is 61.0 Å². The molecule has 0 saturated heterocycles. The normalized spacial score (nSPS) is 16.2. The van der Waals surface area contributed by atoms with Crippen molar-refractivity contribution in [2.45, 2.75) is 31.1 Å². The molecule has 0 aromatic heterocycles. The van der Waals surface area contributed by atoms with Crippen molar-refractivity contribution in [3.05, 3.63) is 71.3 Å². The Labute approximate surface area is 126 Å². The molecule has 0 heterocycles. The predicted octanol–water partition coefficient (Wildman–Crippen LogP) is 3.88. The average molecular weight is 279 g/mol. The predicted molar refractivity (Wildman–Crippen MR) is 85.6 cm³/mol. The summed E-state index contributed by atoms with van der Waals surface area (Å²) in [6, 6.07) is 17.9. The fraction of sp³-hybridized carbons (Fsp3) is 0.316. The molecule has 2 nitrogen and oxygen atoms in total. The molecule has 0 amide bonds. The van der Waals surface area contributed by atoms with Gasteiger partial charge < -0.3 is 5.73 Å². The quantitative estimate of drug-likeness (QED) is 0.844. The van der Waals surface area contributed by atoms with Crippen LogP contribution in [-0.2, 0) is 0 Å². The van der Waals surface area contributed by atoms with Crippen molar-refractivity contribution in [3.63, 3.8) is 0 Å². The first-order chi connectivity index (χ1) is 10.3. The summed E-state index contributed by atoms with van der Waals surface area (Å²) in [5, 5.41) is 0. The lowest BCUT2D eigenvalue weighted by atomic mass is 9.76. The Morgan fingerprint density at radius 1 is 1.05 bits per heavy atom. The van der Waals surface area contributed by atoms with Gasteiger partial charge in [-0.15, -0.1) is 0 Å². The molecule has 1 aliphatic carbocycles. The Morgan fingerprint density at radius 3 is 2.33 bits per heavy atom. The summed E-state index contributed by atoms with van der Waals surface area (Å²) in [5.74, 6) is 0.470. The molecule has 2 N–H and O–H groups in total. The van der Waals surface area contributed by atoms with Crippen LogP contribution in [0, 0.1) is 0 Å². The van der Waals surface area contributed by atoms with Crippen LogP contribution in [0.25, 0.3) is 0 Å². The molecule has 3 rings (SSSR count). The lowest BCUT2D eigenvalue weighted by Gasteiger charge is -2.28. The van der Waals surface area contributed by atoms with E-state index in [1.54, 1.807) is 0 Å². The number of hydrogen-bond donors (Lipinski definition) is 1. The first-order valence-electron chi connectivity index (χ1n) is 7.69. The van der Waals surface area contributed by atoms with Crippen LogP contribution in [0.1, 0.15) is 52.6 Å². The third-order valence-corrected chi connectivity index (χ3v) is 4.53. The van der Waals surface area contributed by atoms with Gasteiger partial charge in [-0.05, 0) is 29.9 Å². The van der Waals surface area contributed by atoms with E-state index in [0.29, 0.717) is 12.5 Å². The lowest BCUT2D eigenvalue weighted by Crippen LogP contribution is -2.24. The third kappa shape index (κ3) is 2.77. The smallest absolute Gasteiger partial charge is 0.171 e. The molecule has 2 heteroatoms. The second-order valence-corrected chi connectivity index (χ2v) is 5.78. The van der Waals surface area contributed by atoms with E-state index in [1.807, 2.05) is 48.5 Å². The molecular formula is C19H21NO. The van der Waals surface area contributed by atoms with E-state index >= 15 is 0 Å². The second kappa shape index (κ2) is 6.23. The Balaban J connectivity index is 1.94. The summed E-state index contributed by atoms with van der Waals surface area (Å²) in [6.07, 6.45) is 3.66. The molecule has 1 saturated carbocycles. The van der Waals surface area contributed by atoms with Gasteiger partial charge in [0.1, 0.15) is 0 Å². The van der Waals surface area contributed by atoms with Crippen molar-refractivity contribution in [1.29, 1.82) is 0 Å². The molecule has 1 unspecified atom stereocenters. The van der Waals surface area contributed by atoms with Crippen molar-refractivity contribution in [2.75, 3.05) is 6.54 Å². The van der Waals surface area contributed by atoms with Gasteiger partial charge in [-0.2, -0.15) is 0 Å². The number of nitrogens with two attached hydrogens (primary N) is 1. The van der Waals surface area contributed by atoms with Gasteiger partial charge in [0, 0.05) is 12.1 Å². The van der Waals surface area contributed by atoms with Crippen LogP contribution in [0.3, 0.4) is 0 Å². The van der Waals surface area contributed by atoms with Crippen LogP contribution >= 0.6 is 0 Å². The highest BCUT2D eigenvalue weighted by Crippen LogP contribution is 2.39. The highest BCUT2D eigenvalue weighted by molar-refractivity contribution is 6.02. The van der Waals surface area contributed by atoms with E-state index in [2.05, 4.69) is 6.07 Å². The van der Waals surface area contributed by atoms with Crippen LogP contribution in [0.4, 0.5) is 0 Å². The number of carbonyl (C=O) groups is 1. The van der Waals surface area contributed by atoms with Gasteiger partial charge in [-0.3, -0.25) is 4.79 Å². The lowest BCUT2D eigenvalue weighted by molar-refractivity contribution is 0.0960. The Kier molecular flexibility index (Phi) is 4.16. The molecule has 21 heavy (non-hydrogen) atoms. The molecule has 2 aromatic rings. The summed E-state index contributed by atoms with van der Waals surface area (Å²) in [6.45, 7) is 0.349. The van der Waals surface area contributed by atoms with Crippen LogP contribution < -0.4 is 5.73 Å². The van der Waals surface area contributed by atoms with Crippen molar-refractivity contribution < 1.29 is 4.79 Å². The van der Waals surface area contributed by atoms with Gasteiger partial charge in [0.25, 0.3) is 0 Å². The van der Waals surface area contributed by atoms with Gasteiger partial charge in [-0.25, -0.2) is 0 Å². The maximum absolute atomic E-state index is 13.0. The van der Waals surface area contributed by atoms with Gasteiger partial charge in [0.2, 0.25) is 0 Å². The number of hydrogen-bond acceptors (Lipinski definition) is 2. The molecule has 0 spiro atoms. The van der Waals surface area contributed by atoms with E-state index < -0.39 is 0 Å². The molecule has 0 bridgehead atoms. The summed E-state index contributed by atoms with van der Waals surface area (Å²) in [5.41, 5.74) is 8.98. The number of benzene rings is 2. The van der Waals surface area contributed by atoms with Crippen molar-refractivity contribution in [2.24, 2.45) is 5.73 Å². The highest BCUT2D eigenvalue weighted by atomic mass is 16.1. The minimum Gasteiger partial charge on any atom is -0.329 e. The summed E-state index contributed by atoms with van der Waals surface area (Å²) >= 11 is 0. The van der Waals surface area contributed by atoms with Crippen LogP contribution in [0.15, 0.2) is 54.6 Å². The van der Waals surface area contributed by atoms with Crippen molar-refractivity contribution >= 4 is 5.78 Å². The maximum Gasteiger partial charge on any atom is 0.171 e. The van der Waals surface area contributed by atoms with E-state index in [0.717, 1.165) is 11.1 Å². The van der Waals surface area contributed by atoms with Crippen molar-refractivity contribution in [1.82, 2.24) is 0 Å². The topological polar surface area (TPSA) is 43.1 Å². The highest BCUT2D eigenvalue weighted by Gasteiger charge is 2.27. The minimum absolute atomic E-state index is 0.159. The molecule has 0 radical (unpaired) electrons. The third-order valence-electron chi connectivity index (χ3n) is 4.53. The molecule has 1 atom stereocenters. The fourth-order valence-corrected chi connectivity index (χ4v) is 3.06. The van der Waals surface area contributed by atoms with Gasteiger partial charge in [0.15, 0.2) is 5.78 Å². The molecule has 2 aromatic carbocycles. The van der Waals surface area contributed by atoms with Gasteiger partial charge in [0.05, 0.1) is 5.92 Å². The van der Waals surface area contributed by atoms with Crippen LogP contribution in [0.2, 0.25) is 0 Å². The van der Waals surface area contributed by atoms with E-state index in [1.165, 1.54) is 24.8 Å². The van der Waals surface area contributed by atoms with Crippen LogP contribution in [0.5, 0.6) is 0 Å². The minimum atomic E-state index is -0.243. The van der Waals surface area contributed by atoms with E-state index in [-0.39, 0.29) is 11.7 Å². The molecule has 108 valence electrons. The maximum atomic E-state index is 13.0. The fourth-order valence-electron chi connectivity index (χ4n) is 3.06. The first-order valence-corrected chi connectivity index (χ1v) is 7.69. The second-order valence-electron chi connectivity index (χ2n) is 5.78.